The zero-order valence-electron chi connectivity index (χ0n) is 72.5. The van der Waals surface area contributed by atoms with Gasteiger partial charge in [-0.15, -0.1) is 11.3 Å². The van der Waals surface area contributed by atoms with Crippen molar-refractivity contribution in [3.8, 4) is 101 Å². The van der Waals surface area contributed by atoms with E-state index in [0.29, 0.717) is 17.5 Å². The van der Waals surface area contributed by atoms with Gasteiger partial charge in [0.15, 0.2) is 4.96 Å². The summed E-state index contributed by atoms with van der Waals surface area (Å²) in [4.78, 5) is 29.5. The number of hydrogen-bond acceptors (Lipinski definition) is 10. The number of pyridine rings is 2. The third-order valence-corrected chi connectivity index (χ3v) is 27.6. The maximum atomic E-state index is 5.51. The molecule has 0 aliphatic rings. The van der Waals surface area contributed by atoms with Gasteiger partial charge in [0, 0.05) is 108 Å². The molecule has 0 spiro atoms. The molecule has 0 aliphatic heterocycles. The van der Waals surface area contributed by atoms with Crippen LogP contribution in [0.25, 0.3) is 255 Å². The Balaban J connectivity index is 0.000000103. The van der Waals surface area contributed by atoms with Crippen molar-refractivity contribution in [1.29, 1.82) is 0 Å². The molecule has 638 valence electrons. The molecule has 14 heterocycles. The molecule has 0 N–H and O–H groups in total. The number of rotatable bonds is 11. The van der Waals surface area contributed by atoms with Gasteiger partial charge >= 0.3 is 17.5 Å². The van der Waals surface area contributed by atoms with Crippen molar-refractivity contribution in [3.63, 3.8) is 0 Å². The van der Waals surface area contributed by atoms with Crippen LogP contribution < -0.4 is 0 Å². The number of hydrogen-bond donors (Lipinski definition) is 0. The van der Waals surface area contributed by atoms with Crippen LogP contribution >= 0.6 is 11.3 Å². The summed E-state index contributed by atoms with van der Waals surface area (Å²) in [5.41, 5.74) is 36.2. The number of benzene rings is 16. The number of thiazole rings is 1. The summed E-state index contributed by atoms with van der Waals surface area (Å²) in [5, 5.41) is 11.9. The van der Waals surface area contributed by atoms with E-state index in [0.717, 1.165) is 133 Å². The average Bonchev–Trinajstić information content (AvgIpc) is 1.57. The van der Waals surface area contributed by atoms with Gasteiger partial charge < -0.3 is 27.0 Å². The zero-order chi connectivity index (χ0) is 89.2. The van der Waals surface area contributed by atoms with E-state index in [1.165, 1.54) is 104 Å². The molecular weight excluding hydrogens is 1690 g/mol. The number of nitrogens with zero attached hydrogens (tertiary/aromatic N) is 14. The molecule has 14 aromatic heterocycles. The maximum Gasteiger partial charge on any atom is 0.306 e. The van der Waals surface area contributed by atoms with Gasteiger partial charge in [0.05, 0.1) is 99.7 Å². The van der Waals surface area contributed by atoms with E-state index in [1.54, 1.807) is 30.1 Å². The van der Waals surface area contributed by atoms with Crippen LogP contribution in [0, 0.1) is 0 Å². The predicted molar refractivity (Wildman–Crippen MR) is 550 cm³/mol. The number of oxazole rings is 3. The highest BCUT2D eigenvalue weighted by Gasteiger charge is 2.23. The summed E-state index contributed by atoms with van der Waals surface area (Å²) in [6, 6.07) is 136. The highest BCUT2D eigenvalue weighted by Crippen LogP contribution is 2.43. The summed E-state index contributed by atoms with van der Waals surface area (Å²) in [7, 11) is 0. The zero-order valence-corrected chi connectivity index (χ0v) is 73.3. The van der Waals surface area contributed by atoms with Crippen molar-refractivity contribution in [2.45, 2.75) is 0 Å². The lowest BCUT2D eigenvalue weighted by atomic mass is 9.96. The quantitative estimate of drug-likeness (QED) is 0.123. The van der Waals surface area contributed by atoms with Gasteiger partial charge in [-0.25, -0.2) is 9.97 Å². The second-order valence-electron chi connectivity index (χ2n) is 34.4. The Morgan fingerprint density at radius 1 is 0.206 bits per heavy atom. The Bertz CT molecular complexity index is 9430. The van der Waals surface area contributed by atoms with Crippen LogP contribution in [-0.4, -0.2) is 65.8 Å². The van der Waals surface area contributed by atoms with Crippen LogP contribution in [0.15, 0.2) is 451 Å². The number of para-hydroxylation sites is 6. The Morgan fingerprint density at radius 3 is 1.01 bits per heavy atom. The van der Waals surface area contributed by atoms with Crippen LogP contribution in [-0.2, 0) is 0 Å². The van der Waals surface area contributed by atoms with Gasteiger partial charge in [-0.2, -0.15) is 15.0 Å². The van der Waals surface area contributed by atoms with Crippen LogP contribution in [0.1, 0.15) is 0 Å². The first-order valence-corrected chi connectivity index (χ1v) is 46.1. The molecule has 30 aromatic rings. The molecule has 0 radical (unpaired) electrons. The largest absolute Gasteiger partial charge is 0.432 e. The van der Waals surface area contributed by atoms with Crippen LogP contribution in [0.4, 0.5) is 0 Å². The van der Waals surface area contributed by atoms with Crippen molar-refractivity contribution < 1.29 is 13.3 Å². The van der Waals surface area contributed by atoms with Crippen LogP contribution in [0.5, 0.6) is 0 Å². The highest BCUT2D eigenvalue weighted by molar-refractivity contribution is 7.15. The minimum absolute atomic E-state index is 0.587. The maximum absolute atomic E-state index is 5.51. The Morgan fingerprint density at radius 2 is 0.544 bits per heavy atom. The van der Waals surface area contributed by atoms with Crippen molar-refractivity contribution >= 4 is 165 Å². The second kappa shape index (κ2) is 30.6. The van der Waals surface area contributed by atoms with E-state index in [2.05, 4.69) is 419 Å². The molecule has 0 bridgehead atoms. The summed E-state index contributed by atoms with van der Waals surface area (Å²) >= 11 is 1.66. The van der Waals surface area contributed by atoms with E-state index in [9.17, 15) is 0 Å². The minimum atomic E-state index is 0.587. The molecule has 136 heavy (non-hydrogen) atoms. The van der Waals surface area contributed by atoms with Gasteiger partial charge in [0.1, 0.15) is 24.6 Å². The summed E-state index contributed by atoms with van der Waals surface area (Å²) in [6.07, 6.45) is 14.7. The number of fused-ring (bicyclic) bond motifs is 24. The summed E-state index contributed by atoms with van der Waals surface area (Å²) in [5.74, 6) is 2.68. The molecule has 18 heteroatoms. The molecule has 0 saturated heterocycles. The molecule has 0 unspecified atom stereocenters. The monoisotopic (exact) mass is 1760 g/mol. The molecule has 16 aromatic carbocycles. The van der Waals surface area contributed by atoms with Crippen molar-refractivity contribution in [2.24, 2.45) is 0 Å². The van der Waals surface area contributed by atoms with Gasteiger partial charge in [-0.05, 0) is 232 Å². The van der Waals surface area contributed by atoms with E-state index < -0.39 is 0 Å². The molecule has 0 amide bonds. The van der Waals surface area contributed by atoms with Gasteiger partial charge in [-0.1, -0.05) is 206 Å². The van der Waals surface area contributed by atoms with Crippen LogP contribution in [0.2, 0.25) is 0 Å². The summed E-state index contributed by atoms with van der Waals surface area (Å²) < 4.78 is 34.0. The van der Waals surface area contributed by atoms with Gasteiger partial charge in [0.25, 0.3) is 0 Å². The van der Waals surface area contributed by atoms with E-state index in [1.807, 2.05) is 50.1 Å². The second-order valence-corrected chi connectivity index (χ2v) is 35.3. The first kappa shape index (κ1) is 76.4. The van der Waals surface area contributed by atoms with Gasteiger partial charge in [0.2, 0.25) is 0 Å². The third-order valence-electron chi connectivity index (χ3n) is 26.8. The van der Waals surface area contributed by atoms with Crippen molar-refractivity contribution in [2.75, 3.05) is 0 Å². The molecule has 0 atom stereocenters. The standard InChI is InChI=1S/2C44H27N5O.C30H18N4OS/c1-4-15-38-32(11-1)33-12-2-5-16-39(33)48(38)31-20-22-41-35(27-31)34-13-3-6-17-40(34)49(41)43-18-8-14-36(45-43)30-10-7-9-28(25-30)29-19-21-37-42(26-29)47-23-24-50-44(47)46-37;1-4-13-39-33(10-1)34-11-2-5-14-40(34)49(39)32-17-19-42-36(27-32)35-12-3-6-15-41(35)48(42)31-9-7-8-28(24-31)29-20-21-45-38(25-29)30-16-18-37-43(26-30)47-22-23-50-44(47)46-37;1-3-19(15-21(5-1)23-7-9-25-27(17-23)33-11-13-35-29(33)31-25)20-4-2-6-22(16-20)24-8-10-26-28(18-24)34-12-14-36-30(34)32-26/h2*1-27H;1-18H. The smallest absolute Gasteiger partial charge is 0.306 e. The molecule has 17 nitrogen and oxygen atoms in total. The molecule has 0 saturated carbocycles. The lowest BCUT2D eigenvalue weighted by molar-refractivity contribution is 0.596. The van der Waals surface area contributed by atoms with E-state index in [-0.39, 0.29) is 0 Å². The normalized spacial score (nSPS) is 12.0. The Labute approximate surface area is 777 Å². The molecule has 0 aliphatic carbocycles. The van der Waals surface area contributed by atoms with E-state index in [4.69, 9.17) is 28.2 Å². The number of aromatic nitrogens is 14. The first-order chi connectivity index (χ1) is 67.4. The lowest BCUT2D eigenvalue weighted by Crippen LogP contribution is -1.99. The topological polar surface area (TPSA) is 154 Å². The molecular formula is C118H72N14O3S. The predicted octanol–water partition coefficient (Wildman–Crippen LogP) is 30.0. The fourth-order valence-corrected chi connectivity index (χ4v) is 21.3. The van der Waals surface area contributed by atoms with Crippen LogP contribution in [0.3, 0.4) is 0 Å². The summed E-state index contributed by atoms with van der Waals surface area (Å²) in [6.45, 7) is 0. The van der Waals surface area contributed by atoms with Crippen molar-refractivity contribution in [3.05, 3.63) is 437 Å². The molecule has 30 rings (SSSR count). The SMILES string of the molecule is c1cc(-c2ccc3nc4occn4c3c2)cc(-c2cccc(-n3c4ccccc4c4cc(-n5c6ccccc6c6ccccc65)ccc43)n2)c1.c1cc(-c2cccc(-c3ccc4nc5sccn5c4c3)c2)cc(-c2ccc3nc4occn4c3c2)c1.c1cc(-c2ccnc(-c3ccc4nc5occn5c4c3)c2)cc(-n2c3ccccc3c3cc(-n4c5ccccc5c5ccccc54)ccc32)c1. The average molecular weight is 1770 g/mol. The Hall–Kier alpha value is -18.5. The molecule has 0 fully saturated rings. The van der Waals surface area contributed by atoms with E-state index >= 15 is 0 Å². The van der Waals surface area contributed by atoms with Gasteiger partial charge in [-0.3, -0.25) is 27.2 Å². The number of imidazole rings is 4. The third kappa shape index (κ3) is 12.4. The lowest BCUT2D eigenvalue weighted by Gasteiger charge is -2.12. The fourth-order valence-electron chi connectivity index (χ4n) is 20.5. The van der Waals surface area contributed by atoms with Crippen molar-refractivity contribution in [1.82, 2.24) is 65.8 Å². The Kier molecular flexibility index (Phi) is 17.2. The minimum Gasteiger partial charge on any atom is -0.432 e. The highest BCUT2D eigenvalue weighted by atomic mass is 32.1. The first-order valence-electron chi connectivity index (χ1n) is 45.2. The fraction of sp³-hybridized carbons (Fsp3) is 0.